The van der Waals surface area contributed by atoms with Crippen molar-refractivity contribution in [3.05, 3.63) is 11.8 Å². The van der Waals surface area contributed by atoms with Crippen molar-refractivity contribution >= 4 is 0 Å². The quantitative estimate of drug-likeness (QED) is 0.583. The molecule has 2 aliphatic rings. The zero-order chi connectivity index (χ0) is 8.39. The van der Waals surface area contributed by atoms with Crippen LogP contribution in [-0.4, -0.2) is 6.61 Å². The molecule has 0 radical (unpaired) electrons. The summed E-state index contributed by atoms with van der Waals surface area (Å²) in [6.45, 7) is 3.14. The maximum atomic E-state index is 5.74. The summed E-state index contributed by atoms with van der Waals surface area (Å²) in [7, 11) is 0. The highest BCUT2D eigenvalue weighted by Gasteiger charge is 2.33. The van der Waals surface area contributed by atoms with Gasteiger partial charge in [-0.25, -0.2) is 0 Å². The summed E-state index contributed by atoms with van der Waals surface area (Å²) in [6, 6.07) is 0. The van der Waals surface area contributed by atoms with E-state index in [2.05, 4.69) is 13.0 Å². The Kier molecular flexibility index (Phi) is 2.38. The Balaban J connectivity index is 1.78. The van der Waals surface area contributed by atoms with Crippen LogP contribution < -0.4 is 0 Å². The SMILES string of the molecule is CCCCOC1=CC2CCC1C2. The van der Waals surface area contributed by atoms with Crippen molar-refractivity contribution in [3.63, 3.8) is 0 Å². The van der Waals surface area contributed by atoms with E-state index in [-0.39, 0.29) is 0 Å². The van der Waals surface area contributed by atoms with Gasteiger partial charge in [-0.2, -0.15) is 0 Å². The van der Waals surface area contributed by atoms with E-state index in [1.807, 2.05) is 0 Å². The van der Waals surface area contributed by atoms with E-state index in [9.17, 15) is 0 Å². The number of unbranched alkanes of at least 4 members (excludes halogenated alkanes) is 1. The minimum atomic E-state index is 0.798. The summed E-state index contributed by atoms with van der Waals surface area (Å²) in [5.41, 5.74) is 0. The van der Waals surface area contributed by atoms with Gasteiger partial charge in [0, 0.05) is 5.92 Å². The maximum Gasteiger partial charge on any atom is 0.0953 e. The minimum Gasteiger partial charge on any atom is -0.498 e. The van der Waals surface area contributed by atoms with Crippen molar-refractivity contribution in [1.82, 2.24) is 0 Å². The van der Waals surface area contributed by atoms with E-state index < -0.39 is 0 Å². The molecule has 1 saturated carbocycles. The first kappa shape index (κ1) is 8.15. The Morgan fingerprint density at radius 3 is 3.00 bits per heavy atom. The first-order chi connectivity index (χ1) is 5.90. The summed E-state index contributed by atoms with van der Waals surface area (Å²) in [5.74, 6) is 2.98. The monoisotopic (exact) mass is 166 g/mol. The molecule has 0 spiro atoms. The molecule has 2 aliphatic carbocycles. The van der Waals surface area contributed by atoms with E-state index in [1.54, 1.807) is 0 Å². The highest BCUT2D eigenvalue weighted by Crippen LogP contribution is 2.43. The number of hydrogen-bond donors (Lipinski definition) is 0. The molecule has 2 bridgehead atoms. The van der Waals surface area contributed by atoms with E-state index in [1.165, 1.54) is 37.9 Å². The highest BCUT2D eigenvalue weighted by molar-refractivity contribution is 5.13. The average molecular weight is 166 g/mol. The fraction of sp³-hybridized carbons (Fsp3) is 0.818. The Labute approximate surface area is 74.8 Å². The van der Waals surface area contributed by atoms with Gasteiger partial charge >= 0.3 is 0 Å². The highest BCUT2D eigenvalue weighted by atomic mass is 16.5. The summed E-state index contributed by atoms with van der Waals surface area (Å²) < 4.78 is 5.74. The van der Waals surface area contributed by atoms with Gasteiger partial charge in [-0.1, -0.05) is 13.3 Å². The predicted molar refractivity (Wildman–Crippen MR) is 49.8 cm³/mol. The Morgan fingerprint density at radius 1 is 1.50 bits per heavy atom. The van der Waals surface area contributed by atoms with Gasteiger partial charge in [-0.3, -0.25) is 0 Å². The second-order valence-electron chi connectivity index (χ2n) is 4.04. The molecule has 1 nitrogen and oxygen atoms in total. The first-order valence-corrected chi connectivity index (χ1v) is 5.24. The average Bonchev–Trinajstić information content (AvgIpc) is 2.65. The molecular formula is C11H18O. The molecule has 0 amide bonds. The molecule has 68 valence electrons. The minimum absolute atomic E-state index is 0.798. The van der Waals surface area contributed by atoms with Crippen LogP contribution in [0.3, 0.4) is 0 Å². The van der Waals surface area contributed by atoms with Crippen LogP contribution in [0.5, 0.6) is 0 Å². The summed E-state index contributed by atoms with van der Waals surface area (Å²) in [6.07, 6.45) is 8.97. The lowest BCUT2D eigenvalue weighted by Gasteiger charge is -2.14. The van der Waals surface area contributed by atoms with E-state index >= 15 is 0 Å². The lowest BCUT2D eigenvalue weighted by Crippen LogP contribution is -2.02. The van der Waals surface area contributed by atoms with Crippen LogP contribution in [0.25, 0.3) is 0 Å². The van der Waals surface area contributed by atoms with Gasteiger partial charge in [-0.05, 0) is 37.7 Å². The van der Waals surface area contributed by atoms with Crippen LogP contribution in [0.4, 0.5) is 0 Å². The molecule has 2 atom stereocenters. The first-order valence-electron chi connectivity index (χ1n) is 5.24. The van der Waals surface area contributed by atoms with Gasteiger partial charge in [0.2, 0.25) is 0 Å². The predicted octanol–water partition coefficient (Wildman–Crippen LogP) is 3.12. The molecule has 2 unspecified atom stereocenters. The molecule has 2 rings (SSSR count). The standard InChI is InChI=1S/C11H18O/c1-2-3-6-12-11-8-9-4-5-10(11)7-9/h8-10H,2-7H2,1H3. The van der Waals surface area contributed by atoms with Gasteiger partial charge in [0.15, 0.2) is 0 Å². The molecule has 0 N–H and O–H groups in total. The van der Waals surface area contributed by atoms with Crippen LogP contribution in [-0.2, 0) is 4.74 Å². The Bertz CT molecular complexity index is 183. The maximum absolute atomic E-state index is 5.74. The molecule has 0 aromatic carbocycles. The molecule has 1 heteroatoms. The van der Waals surface area contributed by atoms with Gasteiger partial charge in [0.05, 0.1) is 12.4 Å². The van der Waals surface area contributed by atoms with Crippen molar-refractivity contribution in [1.29, 1.82) is 0 Å². The van der Waals surface area contributed by atoms with Crippen LogP contribution in [0, 0.1) is 11.8 Å². The second kappa shape index (κ2) is 3.51. The molecule has 12 heavy (non-hydrogen) atoms. The van der Waals surface area contributed by atoms with Crippen molar-refractivity contribution in [2.45, 2.75) is 39.0 Å². The summed E-state index contributed by atoms with van der Waals surface area (Å²) in [4.78, 5) is 0. The third-order valence-electron chi connectivity index (χ3n) is 3.04. The number of allylic oxidation sites excluding steroid dienone is 2. The number of fused-ring (bicyclic) bond motifs is 2. The van der Waals surface area contributed by atoms with Crippen molar-refractivity contribution < 1.29 is 4.74 Å². The number of ether oxygens (including phenoxy) is 1. The van der Waals surface area contributed by atoms with Gasteiger partial charge in [0.1, 0.15) is 0 Å². The fourth-order valence-corrected chi connectivity index (χ4v) is 2.29. The van der Waals surface area contributed by atoms with Crippen molar-refractivity contribution in [2.75, 3.05) is 6.61 Å². The van der Waals surface area contributed by atoms with Crippen LogP contribution in [0.1, 0.15) is 39.0 Å². The largest absolute Gasteiger partial charge is 0.498 e. The van der Waals surface area contributed by atoms with Crippen molar-refractivity contribution in [2.24, 2.45) is 11.8 Å². The molecule has 0 saturated heterocycles. The second-order valence-corrected chi connectivity index (χ2v) is 4.04. The van der Waals surface area contributed by atoms with Crippen LogP contribution in [0.2, 0.25) is 0 Å². The van der Waals surface area contributed by atoms with Crippen molar-refractivity contribution in [3.8, 4) is 0 Å². The summed E-state index contributed by atoms with van der Waals surface area (Å²) >= 11 is 0. The molecule has 0 aromatic rings. The normalized spacial score (nSPS) is 32.2. The zero-order valence-corrected chi connectivity index (χ0v) is 7.88. The molecular weight excluding hydrogens is 148 g/mol. The van der Waals surface area contributed by atoms with E-state index in [0.717, 1.165) is 18.4 Å². The Hall–Kier alpha value is -0.460. The third-order valence-corrected chi connectivity index (χ3v) is 3.04. The smallest absolute Gasteiger partial charge is 0.0953 e. The van der Waals surface area contributed by atoms with Crippen LogP contribution in [0.15, 0.2) is 11.8 Å². The van der Waals surface area contributed by atoms with Gasteiger partial charge in [0.25, 0.3) is 0 Å². The molecule has 0 aliphatic heterocycles. The van der Waals surface area contributed by atoms with Gasteiger partial charge < -0.3 is 4.74 Å². The molecule has 0 heterocycles. The molecule has 1 fully saturated rings. The zero-order valence-electron chi connectivity index (χ0n) is 7.88. The van der Waals surface area contributed by atoms with E-state index in [0.29, 0.717) is 0 Å². The fourth-order valence-electron chi connectivity index (χ4n) is 2.29. The summed E-state index contributed by atoms with van der Waals surface area (Å²) in [5, 5.41) is 0. The topological polar surface area (TPSA) is 9.23 Å². The molecule has 0 aromatic heterocycles. The van der Waals surface area contributed by atoms with E-state index in [4.69, 9.17) is 4.74 Å². The lowest BCUT2D eigenvalue weighted by atomic mass is 10.1. The third kappa shape index (κ3) is 1.50. The lowest BCUT2D eigenvalue weighted by molar-refractivity contribution is 0.177. The number of hydrogen-bond acceptors (Lipinski definition) is 1. The van der Waals surface area contributed by atoms with Crippen LogP contribution >= 0.6 is 0 Å². The Morgan fingerprint density at radius 2 is 2.42 bits per heavy atom. The van der Waals surface area contributed by atoms with Gasteiger partial charge in [-0.15, -0.1) is 0 Å². The number of rotatable bonds is 4.